The third kappa shape index (κ3) is 0.733. The zero-order valence-corrected chi connectivity index (χ0v) is 8.79. The molecule has 0 radical (unpaired) electrons. The van der Waals surface area contributed by atoms with Crippen LogP contribution in [-0.4, -0.2) is 17.9 Å². The van der Waals surface area contributed by atoms with Crippen molar-refractivity contribution in [2.24, 2.45) is 23.2 Å². The first-order valence-electron chi connectivity index (χ1n) is 4.70. The number of allylic oxidation sites excluding steroid dienone is 2. The molecule has 2 bridgehead atoms. The summed E-state index contributed by atoms with van der Waals surface area (Å²) in [6, 6.07) is 0. The lowest BCUT2D eigenvalue weighted by molar-refractivity contribution is -0.146. The fourth-order valence-corrected chi connectivity index (χ4v) is 4.25. The van der Waals surface area contributed by atoms with Crippen LogP contribution >= 0.6 is 15.9 Å². The number of cyclic esters (lactones) is 1. The van der Waals surface area contributed by atoms with E-state index in [9.17, 15) is 4.79 Å². The molecule has 3 rings (SSSR count). The van der Waals surface area contributed by atoms with Gasteiger partial charge >= 0.3 is 5.97 Å². The second-order valence-corrected chi connectivity index (χ2v) is 4.83. The Morgan fingerprint density at radius 2 is 2.46 bits per heavy atom. The Morgan fingerprint density at radius 3 is 3.15 bits per heavy atom. The van der Waals surface area contributed by atoms with Gasteiger partial charge in [0.1, 0.15) is 0 Å². The van der Waals surface area contributed by atoms with Crippen LogP contribution in [-0.2, 0) is 9.53 Å². The van der Waals surface area contributed by atoms with E-state index in [-0.39, 0.29) is 11.4 Å². The molecular weight excluding hydrogens is 232 g/mol. The SMILES string of the molecule is O=C1OC[C@H]2[C@H]3C=CC(C3)[C@]12CBr. The normalized spacial score (nSPS) is 51.2. The third-order valence-electron chi connectivity index (χ3n) is 3.95. The Morgan fingerprint density at radius 1 is 1.62 bits per heavy atom. The van der Waals surface area contributed by atoms with Crippen LogP contribution in [0.2, 0.25) is 0 Å². The molecule has 3 heteroatoms. The predicted octanol–water partition coefficient (Wildman–Crippen LogP) is 1.75. The fourth-order valence-electron chi connectivity index (χ4n) is 3.19. The summed E-state index contributed by atoms with van der Waals surface area (Å²) < 4.78 is 5.19. The number of ether oxygens (including phenoxy) is 1. The molecular formula is C10H11BrO2. The van der Waals surface area contributed by atoms with Gasteiger partial charge in [-0.2, -0.15) is 0 Å². The van der Waals surface area contributed by atoms with Crippen LogP contribution in [0.4, 0.5) is 0 Å². The zero-order chi connectivity index (χ0) is 9.05. The molecule has 3 aliphatic rings. The van der Waals surface area contributed by atoms with Crippen molar-refractivity contribution < 1.29 is 9.53 Å². The van der Waals surface area contributed by atoms with Crippen LogP contribution < -0.4 is 0 Å². The summed E-state index contributed by atoms with van der Waals surface area (Å²) in [7, 11) is 0. The number of halogens is 1. The number of esters is 1. The van der Waals surface area contributed by atoms with Crippen LogP contribution in [0.3, 0.4) is 0 Å². The molecule has 1 saturated carbocycles. The van der Waals surface area contributed by atoms with Crippen LogP contribution in [0.5, 0.6) is 0 Å². The monoisotopic (exact) mass is 242 g/mol. The van der Waals surface area contributed by atoms with E-state index in [0.29, 0.717) is 24.4 Å². The number of carbonyl (C=O) groups excluding carboxylic acids is 1. The van der Waals surface area contributed by atoms with Crippen molar-refractivity contribution in [1.29, 1.82) is 0 Å². The predicted molar refractivity (Wildman–Crippen MR) is 51.4 cm³/mol. The van der Waals surface area contributed by atoms with Crippen molar-refractivity contribution >= 4 is 21.9 Å². The van der Waals surface area contributed by atoms with Gasteiger partial charge in [0.05, 0.1) is 12.0 Å². The first-order valence-corrected chi connectivity index (χ1v) is 5.82. The number of alkyl halides is 1. The molecule has 1 saturated heterocycles. The molecule has 2 nitrogen and oxygen atoms in total. The van der Waals surface area contributed by atoms with E-state index >= 15 is 0 Å². The minimum absolute atomic E-state index is 0.0197. The molecule has 0 aromatic carbocycles. The van der Waals surface area contributed by atoms with Gasteiger partial charge in [0.15, 0.2) is 0 Å². The first kappa shape index (κ1) is 8.04. The molecule has 4 atom stereocenters. The first-order chi connectivity index (χ1) is 6.29. The maximum Gasteiger partial charge on any atom is 0.313 e. The van der Waals surface area contributed by atoms with Gasteiger partial charge < -0.3 is 4.74 Å². The van der Waals surface area contributed by atoms with E-state index in [1.165, 1.54) is 0 Å². The van der Waals surface area contributed by atoms with Gasteiger partial charge in [0.2, 0.25) is 0 Å². The average molecular weight is 243 g/mol. The Balaban J connectivity index is 2.11. The van der Waals surface area contributed by atoms with E-state index in [0.717, 1.165) is 11.8 Å². The second-order valence-electron chi connectivity index (χ2n) is 4.27. The molecule has 70 valence electrons. The van der Waals surface area contributed by atoms with E-state index in [4.69, 9.17) is 4.74 Å². The van der Waals surface area contributed by atoms with Crippen molar-refractivity contribution in [3.8, 4) is 0 Å². The second kappa shape index (κ2) is 2.38. The van der Waals surface area contributed by atoms with Crippen molar-refractivity contribution in [2.45, 2.75) is 6.42 Å². The van der Waals surface area contributed by atoms with Crippen LogP contribution in [0.1, 0.15) is 6.42 Å². The largest absolute Gasteiger partial charge is 0.465 e. The lowest BCUT2D eigenvalue weighted by atomic mass is 9.72. The maximum absolute atomic E-state index is 11.7. The van der Waals surface area contributed by atoms with Gasteiger partial charge in [-0.15, -0.1) is 0 Å². The summed E-state index contributed by atoms with van der Waals surface area (Å²) in [5.74, 6) is 1.48. The Hall–Kier alpha value is -0.310. The van der Waals surface area contributed by atoms with Crippen molar-refractivity contribution in [1.82, 2.24) is 0 Å². The highest BCUT2D eigenvalue weighted by molar-refractivity contribution is 9.09. The highest BCUT2D eigenvalue weighted by atomic mass is 79.9. The topological polar surface area (TPSA) is 26.3 Å². The molecule has 2 fully saturated rings. The van der Waals surface area contributed by atoms with Gasteiger partial charge in [-0.05, 0) is 18.3 Å². The number of carbonyl (C=O) groups is 1. The number of hydrogen-bond donors (Lipinski definition) is 0. The molecule has 1 unspecified atom stereocenters. The Labute approximate surface area is 85.5 Å². The van der Waals surface area contributed by atoms with Gasteiger partial charge in [0, 0.05) is 11.2 Å². The fraction of sp³-hybridized carbons (Fsp3) is 0.700. The smallest absolute Gasteiger partial charge is 0.313 e. The van der Waals surface area contributed by atoms with E-state index in [2.05, 4.69) is 28.1 Å². The summed E-state index contributed by atoms with van der Waals surface area (Å²) in [4.78, 5) is 11.7. The van der Waals surface area contributed by atoms with E-state index < -0.39 is 0 Å². The van der Waals surface area contributed by atoms with Gasteiger partial charge in [-0.25, -0.2) is 0 Å². The molecule has 0 aromatic heterocycles. The van der Waals surface area contributed by atoms with Crippen molar-refractivity contribution in [3.05, 3.63) is 12.2 Å². The van der Waals surface area contributed by atoms with Gasteiger partial charge in [-0.3, -0.25) is 4.79 Å². The average Bonchev–Trinajstić information content (AvgIpc) is 2.76. The van der Waals surface area contributed by atoms with E-state index in [1.807, 2.05) is 0 Å². The standard InChI is InChI=1S/C10H11BrO2/c11-5-10-7-2-1-6(3-7)8(10)4-13-9(10)12/h1-2,6-8H,3-5H2/t6-,7?,8-,10-/m0/s1. The Kier molecular flexibility index (Phi) is 1.47. The molecule has 2 aliphatic carbocycles. The van der Waals surface area contributed by atoms with Crippen LogP contribution in [0.25, 0.3) is 0 Å². The lowest BCUT2D eigenvalue weighted by Crippen LogP contribution is -2.38. The van der Waals surface area contributed by atoms with Crippen molar-refractivity contribution in [2.75, 3.05) is 11.9 Å². The molecule has 1 heterocycles. The molecule has 0 spiro atoms. The Bertz CT molecular complexity index is 299. The lowest BCUT2D eigenvalue weighted by Gasteiger charge is -2.29. The van der Waals surface area contributed by atoms with Crippen molar-refractivity contribution in [3.63, 3.8) is 0 Å². The summed E-state index contributed by atoms with van der Waals surface area (Å²) in [5, 5.41) is 0.759. The summed E-state index contributed by atoms with van der Waals surface area (Å²) in [6.07, 6.45) is 5.62. The number of rotatable bonds is 1. The molecule has 0 amide bonds. The molecule has 0 N–H and O–H groups in total. The van der Waals surface area contributed by atoms with Gasteiger partial charge in [0.25, 0.3) is 0 Å². The molecule has 13 heavy (non-hydrogen) atoms. The summed E-state index contributed by atoms with van der Waals surface area (Å²) in [5.41, 5.74) is -0.209. The quantitative estimate of drug-likeness (QED) is 0.398. The highest BCUT2D eigenvalue weighted by Crippen LogP contribution is 2.60. The molecule has 1 aliphatic heterocycles. The van der Waals surface area contributed by atoms with Gasteiger partial charge in [-0.1, -0.05) is 28.1 Å². The number of hydrogen-bond acceptors (Lipinski definition) is 2. The number of fused-ring (bicyclic) bond motifs is 5. The summed E-state index contributed by atoms with van der Waals surface area (Å²) in [6.45, 7) is 0.635. The van der Waals surface area contributed by atoms with Crippen LogP contribution in [0, 0.1) is 23.2 Å². The minimum atomic E-state index is -0.209. The van der Waals surface area contributed by atoms with E-state index in [1.54, 1.807) is 0 Å². The minimum Gasteiger partial charge on any atom is -0.465 e. The van der Waals surface area contributed by atoms with Crippen LogP contribution in [0.15, 0.2) is 12.2 Å². The third-order valence-corrected chi connectivity index (χ3v) is 4.88. The maximum atomic E-state index is 11.7. The highest BCUT2D eigenvalue weighted by Gasteiger charge is 2.64. The zero-order valence-electron chi connectivity index (χ0n) is 7.20. The summed E-state index contributed by atoms with van der Waals surface area (Å²) >= 11 is 3.48. The molecule has 0 aromatic rings.